The van der Waals surface area contributed by atoms with Gasteiger partial charge in [-0.05, 0) is 18.8 Å². The summed E-state index contributed by atoms with van der Waals surface area (Å²) in [6.45, 7) is 3.18. The van der Waals surface area contributed by atoms with Crippen molar-refractivity contribution in [2.75, 3.05) is 11.9 Å². The van der Waals surface area contributed by atoms with Gasteiger partial charge in [-0.15, -0.1) is 10.2 Å². The highest BCUT2D eigenvalue weighted by Crippen LogP contribution is 2.26. The molecule has 0 spiro atoms. The summed E-state index contributed by atoms with van der Waals surface area (Å²) < 4.78 is 0. The first-order valence-electron chi connectivity index (χ1n) is 6.44. The van der Waals surface area contributed by atoms with Gasteiger partial charge in [0.2, 0.25) is 5.13 Å². The molecule has 3 nitrogen and oxygen atoms in total. The van der Waals surface area contributed by atoms with E-state index < -0.39 is 0 Å². The van der Waals surface area contributed by atoms with Crippen molar-refractivity contribution in [1.29, 1.82) is 0 Å². The molecule has 2 rings (SSSR count). The lowest BCUT2D eigenvalue weighted by molar-refractivity contribution is 0.345. The summed E-state index contributed by atoms with van der Waals surface area (Å²) in [5, 5.41) is 13.7. The van der Waals surface area contributed by atoms with Crippen LogP contribution < -0.4 is 5.32 Å². The second kappa shape index (κ2) is 6.18. The van der Waals surface area contributed by atoms with Crippen LogP contribution in [0.3, 0.4) is 0 Å². The summed E-state index contributed by atoms with van der Waals surface area (Å²) in [5.74, 6) is 0.944. The maximum atomic E-state index is 4.13. The number of hydrogen-bond donors (Lipinski definition) is 1. The number of nitrogens with one attached hydrogen (secondary N) is 1. The Bertz CT molecular complexity index is 305. The molecule has 1 aromatic rings. The summed E-state index contributed by atoms with van der Waals surface area (Å²) in [4.78, 5) is 0. The van der Waals surface area contributed by atoms with E-state index in [2.05, 4.69) is 22.4 Å². The quantitative estimate of drug-likeness (QED) is 0.854. The molecule has 1 aliphatic carbocycles. The Morgan fingerprint density at radius 3 is 2.75 bits per heavy atom. The Labute approximate surface area is 102 Å². The average Bonchev–Trinajstić information content (AvgIpc) is 2.78. The maximum Gasteiger partial charge on any atom is 0.205 e. The van der Waals surface area contributed by atoms with Crippen LogP contribution >= 0.6 is 11.3 Å². The Hall–Kier alpha value is -0.640. The fourth-order valence-electron chi connectivity index (χ4n) is 2.33. The highest BCUT2D eigenvalue weighted by atomic mass is 32.1. The van der Waals surface area contributed by atoms with E-state index in [1.165, 1.54) is 38.5 Å². The molecule has 1 fully saturated rings. The lowest BCUT2D eigenvalue weighted by Gasteiger charge is -2.21. The molecule has 0 aliphatic heterocycles. The Kier molecular flexibility index (Phi) is 4.57. The van der Waals surface area contributed by atoms with E-state index >= 15 is 0 Å². The molecule has 0 bridgehead atoms. The molecule has 0 aromatic carbocycles. The highest BCUT2D eigenvalue weighted by Gasteiger charge is 2.12. The van der Waals surface area contributed by atoms with Gasteiger partial charge in [0.1, 0.15) is 5.01 Å². The summed E-state index contributed by atoms with van der Waals surface area (Å²) in [6.07, 6.45) is 9.45. The van der Waals surface area contributed by atoms with Crippen LogP contribution in [0.25, 0.3) is 0 Å². The molecule has 0 saturated heterocycles. The molecular weight excluding hydrogens is 218 g/mol. The van der Waals surface area contributed by atoms with E-state index in [1.54, 1.807) is 11.3 Å². The van der Waals surface area contributed by atoms with Gasteiger partial charge in [0.15, 0.2) is 0 Å². The zero-order valence-corrected chi connectivity index (χ0v) is 10.9. The standard InChI is InChI=1S/C12H21N3S/c1-2-11-14-15-12(16-11)13-9-8-10-6-4-3-5-7-10/h10H,2-9H2,1H3,(H,13,15). The van der Waals surface area contributed by atoms with Crippen LogP contribution in [-0.2, 0) is 6.42 Å². The third kappa shape index (κ3) is 3.44. The predicted octanol–water partition coefficient (Wildman–Crippen LogP) is 3.48. The van der Waals surface area contributed by atoms with Gasteiger partial charge < -0.3 is 5.32 Å². The largest absolute Gasteiger partial charge is 0.360 e. The molecule has 1 N–H and O–H groups in total. The number of anilines is 1. The Morgan fingerprint density at radius 1 is 1.25 bits per heavy atom. The monoisotopic (exact) mass is 239 g/mol. The first-order valence-corrected chi connectivity index (χ1v) is 7.26. The molecule has 1 heterocycles. The molecule has 1 aliphatic rings. The van der Waals surface area contributed by atoms with Crippen LogP contribution in [0.15, 0.2) is 0 Å². The molecule has 0 atom stereocenters. The van der Waals surface area contributed by atoms with Gasteiger partial charge >= 0.3 is 0 Å². The predicted molar refractivity (Wildman–Crippen MR) is 69.0 cm³/mol. The third-order valence-electron chi connectivity index (χ3n) is 3.32. The first kappa shape index (κ1) is 11.8. The average molecular weight is 239 g/mol. The van der Waals surface area contributed by atoms with E-state index in [-0.39, 0.29) is 0 Å². The van der Waals surface area contributed by atoms with E-state index in [0.717, 1.165) is 29.0 Å². The molecule has 1 aromatic heterocycles. The second-order valence-corrected chi connectivity index (χ2v) is 5.64. The van der Waals surface area contributed by atoms with Gasteiger partial charge in [0.25, 0.3) is 0 Å². The Morgan fingerprint density at radius 2 is 2.06 bits per heavy atom. The molecule has 1 saturated carbocycles. The number of nitrogens with zero attached hydrogens (tertiary/aromatic N) is 2. The summed E-state index contributed by atoms with van der Waals surface area (Å²) in [7, 11) is 0. The van der Waals surface area contributed by atoms with Crippen LogP contribution in [0.5, 0.6) is 0 Å². The number of hydrogen-bond acceptors (Lipinski definition) is 4. The summed E-state index contributed by atoms with van der Waals surface area (Å²) in [6, 6.07) is 0. The lowest BCUT2D eigenvalue weighted by Crippen LogP contribution is -2.12. The van der Waals surface area contributed by atoms with Crippen molar-refractivity contribution in [3.8, 4) is 0 Å². The van der Waals surface area contributed by atoms with Crippen molar-refractivity contribution in [3.05, 3.63) is 5.01 Å². The topological polar surface area (TPSA) is 37.8 Å². The Balaban J connectivity index is 1.66. The van der Waals surface area contributed by atoms with Crippen LogP contribution in [0.4, 0.5) is 5.13 Å². The van der Waals surface area contributed by atoms with Crippen molar-refractivity contribution < 1.29 is 0 Å². The smallest absolute Gasteiger partial charge is 0.205 e. The van der Waals surface area contributed by atoms with Gasteiger partial charge in [-0.2, -0.15) is 0 Å². The van der Waals surface area contributed by atoms with Gasteiger partial charge in [-0.1, -0.05) is 50.4 Å². The minimum absolute atomic E-state index is 0.944. The summed E-state index contributed by atoms with van der Waals surface area (Å²) >= 11 is 1.69. The van der Waals surface area contributed by atoms with Gasteiger partial charge in [-0.3, -0.25) is 0 Å². The second-order valence-electron chi connectivity index (χ2n) is 4.57. The number of aryl methyl sites for hydroxylation is 1. The van der Waals surface area contributed by atoms with E-state index in [0.29, 0.717) is 0 Å². The normalized spacial score (nSPS) is 17.6. The fourth-order valence-corrected chi connectivity index (χ4v) is 3.03. The maximum absolute atomic E-state index is 4.13. The van der Waals surface area contributed by atoms with E-state index in [1.807, 2.05) is 0 Å². The highest BCUT2D eigenvalue weighted by molar-refractivity contribution is 7.15. The van der Waals surface area contributed by atoms with Crippen molar-refractivity contribution in [2.24, 2.45) is 5.92 Å². The minimum atomic E-state index is 0.944. The lowest BCUT2D eigenvalue weighted by atomic mass is 9.87. The molecule has 4 heteroatoms. The van der Waals surface area contributed by atoms with Crippen molar-refractivity contribution in [3.63, 3.8) is 0 Å². The van der Waals surface area contributed by atoms with Crippen LogP contribution in [0, 0.1) is 5.92 Å². The van der Waals surface area contributed by atoms with Crippen LogP contribution in [-0.4, -0.2) is 16.7 Å². The van der Waals surface area contributed by atoms with Crippen LogP contribution in [0.1, 0.15) is 50.5 Å². The summed E-state index contributed by atoms with van der Waals surface area (Å²) in [5.41, 5.74) is 0. The number of rotatable bonds is 5. The van der Waals surface area contributed by atoms with Crippen LogP contribution in [0.2, 0.25) is 0 Å². The zero-order chi connectivity index (χ0) is 11.2. The first-order chi connectivity index (χ1) is 7.88. The minimum Gasteiger partial charge on any atom is -0.360 e. The zero-order valence-electron chi connectivity index (χ0n) is 10.0. The van der Waals surface area contributed by atoms with E-state index in [9.17, 15) is 0 Å². The SMILES string of the molecule is CCc1nnc(NCCC2CCCCC2)s1. The van der Waals surface area contributed by atoms with E-state index in [4.69, 9.17) is 0 Å². The molecule has 0 unspecified atom stereocenters. The fraction of sp³-hybridized carbons (Fsp3) is 0.833. The van der Waals surface area contributed by atoms with Crippen molar-refractivity contribution in [1.82, 2.24) is 10.2 Å². The molecule has 0 radical (unpaired) electrons. The molecule has 0 amide bonds. The molecular formula is C12H21N3S. The van der Waals surface area contributed by atoms with Gasteiger partial charge in [0, 0.05) is 6.54 Å². The van der Waals surface area contributed by atoms with Gasteiger partial charge in [0.05, 0.1) is 0 Å². The van der Waals surface area contributed by atoms with Gasteiger partial charge in [-0.25, -0.2) is 0 Å². The number of aromatic nitrogens is 2. The third-order valence-corrected chi connectivity index (χ3v) is 4.35. The van der Waals surface area contributed by atoms with Crippen molar-refractivity contribution in [2.45, 2.75) is 51.9 Å². The molecule has 90 valence electrons. The molecule has 16 heavy (non-hydrogen) atoms. The van der Waals surface area contributed by atoms with Crippen molar-refractivity contribution >= 4 is 16.5 Å².